The van der Waals surface area contributed by atoms with Crippen LogP contribution in [0, 0.1) is 0 Å². The molecule has 0 N–H and O–H groups in total. The standard InChI is InChI=1S/C11H13N3O5/c15-7-12-5-2-1-3-10(14-9-17)19-11(18)4-6-13-8-16/h10H,1-6H2. The van der Waals surface area contributed by atoms with E-state index >= 15 is 0 Å². The highest BCUT2D eigenvalue weighted by Crippen LogP contribution is 2.07. The first kappa shape index (κ1) is 16.6. The van der Waals surface area contributed by atoms with Crippen LogP contribution in [0.5, 0.6) is 0 Å². The maximum absolute atomic E-state index is 11.3. The zero-order valence-corrected chi connectivity index (χ0v) is 10.2. The van der Waals surface area contributed by atoms with Crippen LogP contribution in [0.4, 0.5) is 0 Å². The molecule has 1 atom stereocenters. The molecule has 0 radical (unpaired) electrons. The van der Waals surface area contributed by atoms with Crippen molar-refractivity contribution in [3.05, 3.63) is 0 Å². The van der Waals surface area contributed by atoms with Crippen LogP contribution in [0.25, 0.3) is 0 Å². The largest absolute Gasteiger partial charge is 0.439 e. The van der Waals surface area contributed by atoms with Crippen molar-refractivity contribution < 1.29 is 23.9 Å². The summed E-state index contributed by atoms with van der Waals surface area (Å²) in [4.78, 5) is 50.9. The van der Waals surface area contributed by atoms with Gasteiger partial charge in [0.05, 0.1) is 19.5 Å². The van der Waals surface area contributed by atoms with E-state index in [1.807, 2.05) is 0 Å². The maximum Gasteiger partial charge on any atom is 0.309 e. The van der Waals surface area contributed by atoms with Gasteiger partial charge in [-0.3, -0.25) is 4.79 Å². The molecule has 0 aromatic rings. The first-order chi connectivity index (χ1) is 9.24. The van der Waals surface area contributed by atoms with Crippen LogP contribution < -0.4 is 0 Å². The molecule has 0 saturated carbocycles. The Morgan fingerprint density at radius 3 is 2.32 bits per heavy atom. The molecular weight excluding hydrogens is 254 g/mol. The lowest BCUT2D eigenvalue weighted by Gasteiger charge is -2.11. The molecule has 0 aliphatic heterocycles. The third-order valence-electron chi connectivity index (χ3n) is 1.99. The predicted octanol–water partition coefficient (Wildman–Crippen LogP) is 0.423. The van der Waals surface area contributed by atoms with Gasteiger partial charge in [0, 0.05) is 6.42 Å². The monoisotopic (exact) mass is 267 g/mol. The van der Waals surface area contributed by atoms with Crippen molar-refractivity contribution in [2.75, 3.05) is 13.1 Å². The number of nitrogens with zero attached hydrogens (tertiary/aromatic N) is 3. The van der Waals surface area contributed by atoms with Gasteiger partial charge in [0.1, 0.15) is 0 Å². The number of carbonyl (C=O) groups is 1. The van der Waals surface area contributed by atoms with Crippen molar-refractivity contribution in [3.8, 4) is 0 Å². The minimum absolute atomic E-state index is 0.0199. The summed E-state index contributed by atoms with van der Waals surface area (Å²) in [6, 6.07) is 0. The van der Waals surface area contributed by atoms with Gasteiger partial charge >= 0.3 is 5.97 Å². The molecule has 8 heteroatoms. The summed E-state index contributed by atoms with van der Waals surface area (Å²) in [6.07, 6.45) is 4.50. The Morgan fingerprint density at radius 2 is 1.68 bits per heavy atom. The number of ether oxygens (including phenoxy) is 1. The molecule has 0 aliphatic carbocycles. The lowest BCUT2D eigenvalue weighted by atomic mass is 10.2. The van der Waals surface area contributed by atoms with Gasteiger partial charge in [-0.1, -0.05) is 0 Å². The Bertz CT molecular complexity index is 418. The second kappa shape index (κ2) is 12.1. The van der Waals surface area contributed by atoms with Crippen LogP contribution in [0.3, 0.4) is 0 Å². The number of aliphatic imine (C=N–C) groups is 3. The maximum atomic E-state index is 11.3. The van der Waals surface area contributed by atoms with Crippen LogP contribution in [-0.4, -0.2) is 43.5 Å². The summed E-state index contributed by atoms with van der Waals surface area (Å²) < 4.78 is 4.88. The van der Waals surface area contributed by atoms with E-state index in [0.29, 0.717) is 25.8 Å². The van der Waals surface area contributed by atoms with Gasteiger partial charge in [0.2, 0.25) is 24.5 Å². The molecule has 0 rings (SSSR count). The number of isocyanates is 3. The first-order valence-corrected chi connectivity index (χ1v) is 5.58. The van der Waals surface area contributed by atoms with E-state index < -0.39 is 12.2 Å². The van der Waals surface area contributed by atoms with Gasteiger partial charge in [-0.15, -0.1) is 0 Å². The Hall–Kier alpha value is -2.39. The lowest BCUT2D eigenvalue weighted by molar-refractivity contribution is -0.148. The topological polar surface area (TPSA) is 115 Å². The molecule has 1 unspecified atom stereocenters. The molecular formula is C11H13N3O5. The SMILES string of the molecule is O=C=NCCCCC(N=C=O)OC(=O)CCN=C=O. The van der Waals surface area contributed by atoms with E-state index in [0.717, 1.165) is 0 Å². The highest BCUT2D eigenvalue weighted by atomic mass is 16.6. The average molecular weight is 267 g/mol. The third-order valence-corrected chi connectivity index (χ3v) is 1.99. The van der Waals surface area contributed by atoms with E-state index in [9.17, 15) is 19.2 Å². The van der Waals surface area contributed by atoms with E-state index in [2.05, 4.69) is 15.0 Å². The molecule has 0 saturated heterocycles. The van der Waals surface area contributed by atoms with Gasteiger partial charge in [0.15, 0.2) is 0 Å². The molecule has 102 valence electrons. The Labute approximate surface area is 109 Å². The molecule has 0 aliphatic rings. The third kappa shape index (κ3) is 10.5. The predicted molar refractivity (Wildman–Crippen MR) is 62.4 cm³/mol. The van der Waals surface area contributed by atoms with Crippen LogP contribution in [-0.2, 0) is 23.9 Å². The van der Waals surface area contributed by atoms with Crippen molar-refractivity contribution >= 4 is 24.2 Å². The molecule has 0 fully saturated rings. The number of esters is 1. The molecule has 0 bridgehead atoms. The second-order valence-electron chi connectivity index (χ2n) is 3.36. The molecule has 0 aromatic carbocycles. The minimum atomic E-state index is -0.912. The van der Waals surface area contributed by atoms with E-state index in [4.69, 9.17) is 4.74 Å². The van der Waals surface area contributed by atoms with Gasteiger partial charge in [-0.25, -0.2) is 24.4 Å². The Kier molecular flexibility index (Phi) is 10.6. The van der Waals surface area contributed by atoms with E-state index in [1.165, 1.54) is 18.2 Å². The molecule has 0 amide bonds. The Balaban J connectivity index is 4.03. The summed E-state index contributed by atoms with van der Waals surface area (Å²) in [5.74, 6) is -0.617. The Morgan fingerprint density at radius 1 is 1.00 bits per heavy atom. The first-order valence-electron chi connectivity index (χ1n) is 5.58. The van der Waals surface area contributed by atoms with Gasteiger partial charge < -0.3 is 4.74 Å². The van der Waals surface area contributed by atoms with Crippen molar-refractivity contribution in [2.24, 2.45) is 15.0 Å². The summed E-state index contributed by atoms with van der Waals surface area (Å²) in [5, 5.41) is 0. The highest BCUT2D eigenvalue weighted by Gasteiger charge is 2.12. The van der Waals surface area contributed by atoms with Crippen molar-refractivity contribution in [1.82, 2.24) is 0 Å². The number of carbonyl (C=O) groups excluding carboxylic acids is 4. The van der Waals surface area contributed by atoms with E-state index in [1.54, 1.807) is 0 Å². The second-order valence-corrected chi connectivity index (χ2v) is 3.36. The van der Waals surface area contributed by atoms with Crippen LogP contribution in [0.2, 0.25) is 0 Å². The normalized spacial score (nSPS) is 10.3. The van der Waals surface area contributed by atoms with Crippen molar-refractivity contribution in [1.29, 1.82) is 0 Å². The fourth-order valence-electron chi connectivity index (χ4n) is 1.17. The highest BCUT2D eigenvalue weighted by molar-refractivity contribution is 5.70. The summed E-state index contributed by atoms with van der Waals surface area (Å²) in [7, 11) is 0. The molecule has 8 nitrogen and oxygen atoms in total. The summed E-state index contributed by atoms with van der Waals surface area (Å²) in [5.41, 5.74) is 0. The number of rotatable bonds is 10. The number of hydrogen-bond acceptors (Lipinski definition) is 8. The minimum Gasteiger partial charge on any atom is -0.439 e. The number of unbranched alkanes of at least 4 members (excludes halogenated alkanes) is 1. The van der Waals surface area contributed by atoms with Crippen LogP contribution >= 0.6 is 0 Å². The lowest BCUT2D eigenvalue weighted by Crippen LogP contribution is -2.16. The molecule has 0 spiro atoms. The zero-order valence-electron chi connectivity index (χ0n) is 10.2. The molecule has 19 heavy (non-hydrogen) atoms. The van der Waals surface area contributed by atoms with Gasteiger partial charge in [-0.05, 0) is 12.8 Å². The number of hydrogen-bond donors (Lipinski definition) is 0. The summed E-state index contributed by atoms with van der Waals surface area (Å²) in [6.45, 7) is 0.303. The fraction of sp³-hybridized carbons (Fsp3) is 0.636. The molecule has 0 aromatic heterocycles. The van der Waals surface area contributed by atoms with Crippen LogP contribution in [0.1, 0.15) is 25.7 Å². The van der Waals surface area contributed by atoms with Crippen molar-refractivity contribution in [3.63, 3.8) is 0 Å². The van der Waals surface area contributed by atoms with Crippen molar-refractivity contribution in [2.45, 2.75) is 31.9 Å². The van der Waals surface area contributed by atoms with Gasteiger partial charge in [0.25, 0.3) is 0 Å². The summed E-state index contributed by atoms with van der Waals surface area (Å²) >= 11 is 0. The quantitative estimate of drug-likeness (QED) is 0.246. The van der Waals surface area contributed by atoms with Crippen LogP contribution in [0.15, 0.2) is 15.0 Å². The molecule has 0 heterocycles. The average Bonchev–Trinajstić information content (AvgIpc) is 2.39. The fourth-order valence-corrected chi connectivity index (χ4v) is 1.17. The van der Waals surface area contributed by atoms with Gasteiger partial charge in [-0.2, -0.15) is 4.99 Å². The smallest absolute Gasteiger partial charge is 0.309 e. The zero-order chi connectivity index (χ0) is 14.3. The van der Waals surface area contributed by atoms with E-state index in [-0.39, 0.29) is 13.0 Å².